The Morgan fingerprint density at radius 1 is 1.39 bits per heavy atom. The molecule has 1 aromatic rings. The van der Waals surface area contributed by atoms with Crippen molar-refractivity contribution in [3.8, 4) is 0 Å². The van der Waals surface area contributed by atoms with Gasteiger partial charge in [0.05, 0.1) is 12.6 Å². The van der Waals surface area contributed by atoms with Crippen molar-refractivity contribution in [3.05, 3.63) is 35.9 Å². The predicted molar refractivity (Wildman–Crippen MR) is 74.7 cm³/mol. The van der Waals surface area contributed by atoms with Crippen LogP contribution < -0.4 is 5.32 Å². The molecule has 1 heterocycles. The van der Waals surface area contributed by atoms with Gasteiger partial charge in [-0.3, -0.25) is 4.90 Å². The number of methoxy groups -OCH3 is 1. The molecule has 3 heteroatoms. The van der Waals surface area contributed by atoms with E-state index in [1.54, 1.807) is 7.11 Å². The Labute approximate surface area is 110 Å². The Bertz CT molecular complexity index is 336. The van der Waals surface area contributed by atoms with E-state index in [1.807, 2.05) is 0 Å². The van der Waals surface area contributed by atoms with Crippen LogP contribution in [0.25, 0.3) is 0 Å². The van der Waals surface area contributed by atoms with Crippen LogP contribution >= 0.6 is 0 Å². The van der Waals surface area contributed by atoms with E-state index in [1.165, 1.54) is 18.4 Å². The minimum absolute atomic E-state index is 0.348. The second-order valence-electron chi connectivity index (χ2n) is 5.05. The maximum atomic E-state index is 5.41. The summed E-state index contributed by atoms with van der Waals surface area (Å²) in [5, 5.41) is 3.48. The summed E-state index contributed by atoms with van der Waals surface area (Å²) in [7, 11) is 4.00. The Kier molecular flexibility index (Phi) is 5.17. The smallest absolute Gasteiger partial charge is 0.0659 e. The molecule has 0 radical (unpaired) electrons. The molecule has 2 rings (SSSR count). The minimum atomic E-state index is 0.348. The lowest BCUT2D eigenvalue weighted by Gasteiger charge is -2.37. The van der Waals surface area contributed by atoms with Gasteiger partial charge in [0.15, 0.2) is 0 Å². The number of nitrogens with one attached hydrogen (secondary N) is 1. The Hall–Kier alpha value is -0.900. The molecule has 1 fully saturated rings. The molecule has 0 bridgehead atoms. The molecule has 0 aromatic heterocycles. The van der Waals surface area contributed by atoms with Gasteiger partial charge in [0.2, 0.25) is 0 Å². The summed E-state index contributed by atoms with van der Waals surface area (Å²) in [5.41, 5.74) is 1.34. The van der Waals surface area contributed by atoms with Crippen LogP contribution in [-0.4, -0.2) is 44.8 Å². The largest absolute Gasteiger partial charge is 0.383 e. The van der Waals surface area contributed by atoms with Crippen molar-refractivity contribution in [1.29, 1.82) is 0 Å². The number of piperidine rings is 1. The normalized spacial score (nSPS) is 22.1. The summed E-state index contributed by atoms with van der Waals surface area (Å²) in [6.45, 7) is 2.99. The highest BCUT2D eigenvalue weighted by Gasteiger charge is 2.25. The van der Waals surface area contributed by atoms with E-state index in [2.05, 4.69) is 47.6 Å². The van der Waals surface area contributed by atoms with E-state index in [-0.39, 0.29) is 0 Å². The fourth-order valence-electron chi connectivity index (χ4n) is 2.72. The maximum Gasteiger partial charge on any atom is 0.0659 e. The highest BCUT2D eigenvalue weighted by atomic mass is 16.5. The molecule has 100 valence electrons. The Morgan fingerprint density at radius 2 is 2.17 bits per heavy atom. The van der Waals surface area contributed by atoms with Gasteiger partial charge in [-0.15, -0.1) is 0 Å². The zero-order chi connectivity index (χ0) is 12.8. The summed E-state index contributed by atoms with van der Waals surface area (Å²) in [6, 6.07) is 11.6. The molecule has 0 spiro atoms. The summed E-state index contributed by atoms with van der Waals surface area (Å²) < 4.78 is 5.41. The van der Waals surface area contributed by atoms with Crippen LogP contribution in [-0.2, 0) is 4.74 Å². The van der Waals surface area contributed by atoms with Crippen molar-refractivity contribution in [2.24, 2.45) is 0 Å². The predicted octanol–water partition coefficient (Wildman–Crippen LogP) is 2.06. The number of hydrogen-bond donors (Lipinski definition) is 1. The molecule has 1 N–H and O–H groups in total. The second-order valence-corrected chi connectivity index (χ2v) is 5.05. The third-order valence-corrected chi connectivity index (χ3v) is 3.85. The summed E-state index contributed by atoms with van der Waals surface area (Å²) >= 11 is 0. The van der Waals surface area contributed by atoms with Crippen LogP contribution in [0.3, 0.4) is 0 Å². The van der Waals surface area contributed by atoms with Gasteiger partial charge in [0, 0.05) is 19.7 Å². The van der Waals surface area contributed by atoms with Crippen molar-refractivity contribution < 1.29 is 4.74 Å². The van der Waals surface area contributed by atoms with Crippen LogP contribution in [0.4, 0.5) is 0 Å². The summed E-state index contributed by atoms with van der Waals surface area (Å²) in [5.74, 6) is 0. The molecule has 1 aliphatic rings. The average Bonchev–Trinajstić information content (AvgIpc) is 2.46. The fourth-order valence-corrected chi connectivity index (χ4v) is 2.72. The first kappa shape index (κ1) is 13.5. The first-order valence-corrected chi connectivity index (χ1v) is 6.79. The lowest BCUT2D eigenvalue weighted by Crippen LogP contribution is -2.46. The van der Waals surface area contributed by atoms with E-state index in [9.17, 15) is 0 Å². The van der Waals surface area contributed by atoms with Gasteiger partial charge >= 0.3 is 0 Å². The van der Waals surface area contributed by atoms with E-state index in [0.717, 1.165) is 19.7 Å². The van der Waals surface area contributed by atoms with E-state index < -0.39 is 0 Å². The van der Waals surface area contributed by atoms with Crippen molar-refractivity contribution in [2.45, 2.75) is 24.9 Å². The molecule has 2 atom stereocenters. The van der Waals surface area contributed by atoms with Gasteiger partial charge < -0.3 is 10.1 Å². The van der Waals surface area contributed by atoms with Crippen molar-refractivity contribution in [3.63, 3.8) is 0 Å². The molecule has 0 saturated carbocycles. The number of benzene rings is 1. The molecule has 0 amide bonds. The van der Waals surface area contributed by atoms with Crippen molar-refractivity contribution >= 4 is 0 Å². The van der Waals surface area contributed by atoms with E-state index >= 15 is 0 Å². The van der Waals surface area contributed by atoms with E-state index in [4.69, 9.17) is 4.74 Å². The van der Waals surface area contributed by atoms with Crippen LogP contribution in [0.15, 0.2) is 30.3 Å². The minimum Gasteiger partial charge on any atom is -0.383 e. The number of likely N-dealkylation sites (N-methyl/N-ethyl adjacent to an activating group) is 1. The molecule has 3 nitrogen and oxygen atoms in total. The first-order chi connectivity index (χ1) is 8.83. The molecule has 1 aliphatic heterocycles. The molecule has 2 unspecified atom stereocenters. The molecule has 18 heavy (non-hydrogen) atoms. The number of rotatable bonds is 5. The fraction of sp³-hybridized carbons (Fsp3) is 0.600. The molecular formula is C15H24N2O. The van der Waals surface area contributed by atoms with Crippen LogP contribution in [0.2, 0.25) is 0 Å². The molecule has 1 aromatic carbocycles. The first-order valence-electron chi connectivity index (χ1n) is 6.79. The standard InChI is InChI=1S/C15H24N2O/c1-17(14-9-6-10-16-11-14)15(12-18-2)13-7-4-3-5-8-13/h3-5,7-8,14-16H,6,9-12H2,1-2H3. The maximum absolute atomic E-state index is 5.41. The number of nitrogens with zero attached hydrogens (tertiary/aromatic N) is 1. The van der Waals surface area contributed by atoms with Gasteiger partial charge in [0.25, 0.3) is 0 Å². The summed E-state index contributed by atoms with van der Waals surface area (Å²) in [6.07, 6.45) is 2.54. The highest BCUT2D eigenvalue weighted by molar-refractivity contribution is 5.19. The Morgan fingerprint density at radius 3 is 2.78 bits per heavy atom. The third kappa shape index (κ3) is 3.31. The quantitative estimate of drug-likeness (QED) is 0.863. The number of hydrogen-bond acceptors (Lipinski definition) is 3. The zero-order valence-electron chi connectivity index (χ0n) is 11.4. The topological polar surface area (TPSA) is 24.5 Å². The third-order valence-electron chi connectivity index (χ3n) is 3.85. The van der Waals surface area contributed by atoms with Crippen molar-refractivity contribution in [2.75, 3.05) is 33.9 Å². The van der Waals surface area contributed by atoms with Gasteiger partial charge in [-0.1, -0.05) is 30.3 Å². The lowest BCUT2D eigenvalue weighted by atomic mass is 10.0. The second kappa shape index (κ2) is 6.88. The van der Waals surface area contributed by atoms with Gasteiger partial charge in [-0.25, -0.2) is 0 Å². The SMILES string of the molecule is COCC(c1ccccc1)N(C)C1CCCNC1. The average molecular weight is 248 g/mol. The molecule has 1 saturated heterocycles. The van der Waals surface area contributed by atoms with Gasteiger partial charge in [-0.05, 0) is 32.0 Å². The van der Waals surface area contributed by atoms with Crippen LogP contribution in [0.5, 0.6) is 0 Å². The van der Waals surface area contributed by atoms with Gasteiger partial charge in [-0.2, -0.15) is 0 Å². The number of ether oxygens (including phenoxy) is 1. The molecule has 0 aliphatic carbocycles. The van der Waals surface area contributed by atoms with Crippen LogP contribution in [0.1, 0.15) is 24.4 Å². The Balaban J connectivity index is 2.08. The van der Waals surface area contributed by atoms with Gasteiger partial charge in [0.1, 0.15) is 0 Å². The zero-order valence-corrected chi connectivity index (χ0v) is 11.4. The monoisotopic (exact) mass is 248 g/mol. The lowest BCUT2D eigenvalue weighted by molar-refractivity contribution is 0.0706. The van der Waals surface area contributed by atoms with Crippen molar-refractivity contribution in [1.82, 2.24) is 10.2 Å². The van der Waals surface area contributed by atoms with Crippen LogP contribution in [0, 0.1) is 0 Å². The molecular weight excluding hydrogens is 224 g/mol. The summed E-state index contributed by atoms with van der Waals surface area (Å²) in [4.78, 5) is 2.46. The highest BCUT2D eigenvalue weighted by Crippen LogP contribution is 2.24. The van der Waals surface area contributed by atoms with E-state index in [0.29, 0.717) is 12.1 Å².